The molecule has 0 spiro atoms. The standard InChI is InChI=1S/C8H6ClNO/c1-10-6-4-3-5-7(11-2)8(6)9/h3-5H,2H3. The zero-order valence-electron chi connectivity index (χ0n) is 5.97. The van der Waals surface area contributed by atoms with E-state index in [4.69, 9.17) is 22.9 Å². The first-order chi connectivity index (χ1) is 5.29. The zero-order chi connectivity index (χ0) is 8.27. The highest BCUT2D eigenvalue weighted by molar-refractivity contribution is 6.34. The van der Waals surface area contributed by atoms with Crippen LogP contribution in [0, 0.1) is 6.57 Å². The van der Waals surface area contributed by atoms with Gasteiger partial charge in [0.25, 0.3) is 0 Å². The van der Waals surface area contributed by atoms with Gasteiger partial charge in [-0.2, -0.15) is 0 Å². The molecular formula is C8H6ClNO. The van der Waals surface area contributed by atoms with Gasteiger partial charge in [0.1, 0.15) is 5.75 Å². The molecule has 0 aliphatic heterocycles. The van der Waals surface area contributed by atoms with Crippen LogP contribution in [0.5, 0.6) is 5.75 Å². The molecule has 56 valence electrons. The first kappa shape index (κ1) is 7.90. The predicted molar refractivity (Wildman–Crippen MR) is 44.3 cm³/mol. The third-order valence-electron chi connectivity index (χ3n) is 1.28. The molecule has 0 bridgehead atoms. The van der Waals surface area contributed by atoms with Crippen LogP contribution >= 0.6 is 11.6 Å². The van der Waals surface area contributed by atoms with Crippen molar-refractivity contribution in [1.82, 2.24) is 0 Å². The van der Waals surface area contributed by atoms with Gasteiger partial charge >= 0.3 is 0 Å². The van der Waals surface area contributed by atoms with Crippen molar-refractivity contribution in [3.63, 3.8) is 0 Å². The quantitative estimate of drug-likeness (QED) is 0.587. The summed E-state index contributed by atoms with van der Waals surface area (Å²) in [5, 5.41) is 0.380. The van der Waals surface area contributed by atoms with Crippen LogP contribution in [0.15, 0.2) is 18.2 Å². The number of hydrogen-bond donors (Lipinski definition) is 0. The third-order valence-corrected chi connectivity index (χ3v) is 1.66. The van der Waals surface area contributed by atoms with E-state index in [0.717, 1.165) is 0 Å². The van der Waals surface area contributed by atoms with E-state index in [1.165, 1.54) is 7.11 Å². The average Bonchev–Trinajstić information content (AvgIpc) is 2.05. The van der Waals surface area contributed by atoms with Crippen LogP contribution in [0.25, 0.3) is 4.85 Å². The summed E-state index contributed by atoms with van der Waals surface area (Å²) in [5.74, 6) is 0.542. The highest BCUT2D eigenvalue weighted by atomic mass is 35.5. The number of halogens is 1. The lowest BCUT2D eigenvalue weighted by Gasteiger charge is -2.02. The fourth-order valence-electron chi connectivity index (χ4n) is 0.743. The van der Waals surface area contributed by atoms with Gasteiger partial charge < -0.3 is 4.74 Å². The summed E-state index contributed by atoms with van der Waals surface area (Å²) in [5.41, 5.74) is 0.422. The van der Waals surface area contributed by atoms with E-state index in [1.807, 2.05) is 0 Å². The molecule has 0 N–H and O–H groups in total. The molecule has 0 radical (unpaired) electrons. The van der Waals surface area contributed by atoms with Crippen molar-refractivity contribution in [2.24, 2.45) is 0 Å². The van der Waals surface area contributed by atoms with Crippen LogP contribution in [0.1, 0.15) is 0 Å². The molecule has 0 aromatic heterocycles. The van der Waals surface area contributed by atoms with Gasteiger partial charge in [-0.25, -0.2) is 4.85 Å². The maximum Gasteiger partial charge on any atom is 0.209 e. The minimum atomic E-state index is 0.380. The molecular weight excluding hydrogens is 162 g/mol. The van der Waals surface area contributed by atoms with Crippen LogP contribution in [0.4, 0.5) is 5.69 Å². The Labute approximate surface area is 70.2 Å². The fourth-order valence-corrected chi connectivity index (χ4v) is 0.989. The van der Waals surface area contributed by atoms with Crippen molar-refractivity contribution in [2.45, 2.75) is 0 Å². The molecule has 0 saturated heterocycles. The highest BCUT2D eigenvalue weighted by Gasteiger charge is 2.03. The number of benzene rings is 1. The van der Waals surface area contributed by atoms with Crippen LogP contribution in [0.3, 0.4) is 0 Å². The number of ether oxygens (including phenoxy) is 1. The molecule has 2 nitrogen and oxygen atoms in total. The first-order valence-electron chi connectivity index (χ1n) is 2.99. The lowest BCUT2D eigenvalue weighted by molar-refractivity contribution is 0.415. The van der Waals surface area contributed by atoms with E-state index >= 15 is 0 Å². The summed E-state index contributed by atoms with van der Waals surface area (Å²) in [6.07, 6.45) is 0. The number of rotatable bonds is 1. The number of nitrogens with zero attached hydrogens (tertiary/aromatic N) is 1. The Balaban J connectivity index is 3.23. The van der Waals surface area contributed by atoms with Crippen molar-refractivity contribution in [3.05, 3.63) is 34.6 Å². The molecule has 0 unspecified atom stereocenters. The molecule has 0 amide bonds. The molecule has 0 heterocycles. The van der Waals surface area contributed by atoms with E-state index in [9.17, 15) is 0 Å². The number of methoxy groups -OCH3 is 1. The number of hydrogen-bond acceptors (Lipinski definition) is 1. The second kappa shape index (κ2) is 3.27. The van der Waals surface area contributed by atoms with E-state index in [1.54, 1.807) is 18.2 Å². The summed E-state index contributed by atoms with van der Waals surface area (Å²) in [6, 6.07) is 5.10. The highest BCUT2D eigenvalue weighted by Crippen LogP contribution is 2.33. The molecule has 3 heteroatoms. The molecule has 1 rings (SSSR count). The monoisotopic (exact) mass is 167 g/mol. The van der Waals surface area contributed by atoms with Gasteiger partial charge in [-0.15, -0.1) is 0 Å². The lowest BCUT2D eigenvalue weighted by Crippen LogP contribution is -1.82. The zero-order valence-corrected chi connectivity index (χ0v) is 6.72. The maximum absolute atomic E-state index is 6.74. The molecule has 1 aromatic carbocycles. The van der Waals surface area contributed by atoms with Gasteiger partial charge in [0.15, 0.2) is 0 Å². The van der Waals surface area contributed by atoms with Crippen LogP contribution < -0.4 is 4.74 Å². The van der Waals surface area contributed by atoms with Crippen LogP contribution in [-0.4, -0.2) is 7.11 Å². The summed E-state index contributed by atoms with van der Waals surface area (Å²) in [6.45, 7) is 6.74. The van der Waals surface area contributed by atoms with Crippen LogP contribution in [0.2, 0.25) is 5.02 Å². The summed E-state index contributed by atoms with van der Waals surface area (Å²) in [7, 11) is 1.52. The van der Waals surface area contributed by atoms with Crippen molar-refractivity contribution in [3.8, 4) is 5.75 Å². The first-order valence-corrected chi connectivity index (χ1v) is 3.37. The third kappa shape index (κ3) is 1.44. The summed E-state index contributed by atoms with van der Waals surface area (Å²) < 4.78 is 4.91. The Hall–Kier alpha value is -1.20. The maximum atomic E-state index is 6.74. The van der Waals surface area contributed by atoms with Gasteiger partial charge in [-0.1, -0.05) is 23.7 Å². The lowest BCUT2D eigenvalue weighted by atomic mass is 10.3. The second-order valence-corrected chi connectivity index (χ2v) is 2.28. The second-order valence-electron chi connectivity index (χ2n) is 1.91. The topological polar surface area (TPSA) is 13.6 Å². The van der Waals surface area contributed by atoms with E-state index in [-0.39, 0.29) is 0 Å². The van der Waals surface area contributed by atoms with E-state index < -0.39 is 0 Å². The largest absolute Gasteiger partial charge is 0.497 e. The van der Waals surface area contributed by atoms with Crippen molar-refractivity contribution in [1.29, 1.82) is 0 Å². The Morgan fingerprint density at radius 1 is 1.55 bits per heavy atom. The van der Waals surface area contributed by atoms with Gasteiger partial charge in [-0.3, -0.25) is 0 Å². The predicted octanol–water partition coefficient (Wildman–Crippen LogP) is 2.90. The van der Waals surface area contributed by atoms with Crippen LogP contribution in [-0.2, 0) is 0 Å². The van der Waals surface area contributed by atoms with E-state index in [2.05, 4.69) is 4.85 Å². The van der Waals surface area contributed by atoms with Crippen molar-refractivity contribution < 1.29 is 4.74 Å². The smallest absolute Gasteiger partial charge is 0.209 e. The Morgan fingerprint density at radius 3 is 2.82 bits per heavy atom. The van der Waals surface area contributed by atoms with Gasteiger partial charge in [-0.05, 0) is 6.07 Å². The molecule has 11 heavy (non-hydrogen) atoms. The van der Waals surface area contributed by atoms with Gasteiger partial charge in [0.05, 0.1) is 18.7 Å². The Bertz CT molecular complexity index is 303. The SMILES string of the molecule is [C-]#[N+]c1cccc(OC)c1Cl. The molecule has 1 aromatic rings. The molecule has 0 saturated carbocycles. The Morgan fingerprint density at radius 2 is 2.27 bits per heavy atom. The van der Waals surface area contributed by atoms with E-state index in [0.29, 0.717) is 16.5 Å². The van der Waals surface area contributed by atoms with Gasteiger partial charge in [0, 0.05) is 0 Å². The minimum Gasteiger partial charge on any atom is -0.497 e. The Kier molecular flexibility index (Phi) is 2.35. The van der Waals surface area contributed by atoms with Gasteiger partial charge in [0.2, 0.25) is 5.69 Å². The van der Waals surface area contributed by atoms with Crippen molar-refractivity contribution in [2.75, 3.05) is 7.11 Å². The fraction of sp³-hybridized carbons (Fsp3) is 0.125. The molecule has 0 aliphatic carbocycles. The average molecular weight is 168 g/mol. The molecule has 0 aliphatic rings. The summed E-state index contributed by atoms with van der Waals surface area (Å²) in [4.78, 5) is 3.22. The summed E-state index contributed by atoms with van der Waals surface area (Å²) >= 11 is 5.77. The minimum absolute atomic E-state index is 0.380. The normalized spacial score (nSPS) is 8.82. The van der Waals surface area contributed by atoms with Crippen molar-refractivity contribution >= 4 is 17.3 Å². The molecule has 0 fully saturated rings. The molecule has 0 atom stereocenters.